The van der Waals surface area contributed by atoms with Crippen LogP contribution in [0.3, 0.4) is 0 Å². The second-order valence-electron chi connectivity index (χ2n) is 16.3. The van der Waals surface area contributed by atoms with Gasteiger partial charge < -0.3 is 50.9 Å². The third kappa shape index (κ3) is 20.8. The summed E-state index contributed by atoms with van der Waals surface area (Å²) in [4.78, 5) is 88.3. The van der Waals surface area contributed by atoms with E-state index in [1.54, 1.807) is 0 Å². The molecule has 1 saturated heterocycles. The van der Waals surface area contributed by atoms with Crippen LogP contribution in [0.15, 0.2) is 12.7 Å². The quantitative estimate of drug-likeness (QED) is 0.0275. The van der Waals surface area contributed by atoms with Gasteiger partial charge in [0.05, 0.1) is 19.5 Å². The number of nitrogens with one attached hydrogen (secondary N) is 2. The van der Waals surface area contributed by atoms with Gasteiger partial charge in [-0.1, -0.05) is 110 Å². The number of nitrogens with zero attached hydrogens (tertiary/aromatic N) is 4. The third-order valence-electron chi connectivity index (χ3n) is 10.2. The fourth-order valence-corrected chi connectivity index (χ4v) is 10.2. The Morgan fingerprint density at radius 3 is 2.09 bits per heavy atom. The number of carbonyl (C=O) groups is 3. The van der Waals surface area contributed by atoms with Crippen molar-refractivity contribution in [3.05, 3.63) is 12.7 Å². The van der Waals surface area contributed by atoms with E-state index in [1.165, 1.54) is 78.1 Å². The molecule has 2 aromatic heterocycles. The molecule has 1 fully saturated rings. The third-order valence-corrected chi connectivity index (χ3v) is 14.3. The summed E-state index contributed by atoms with van der Waals surface area (Å²) >= 11 is 1.15. The Kier molecular flexibility index (Phi) is 24.1. The van der Waals surface area contributed by atoms with Gasteiger partial charge in [-0.25, -0.2) is 28.6 Å². The molecule has 10 N–H and O–H groups in total. The molecule has 372 valence electrons. The van der Waals surface area contributed by atoms with Crippen LogP contribution in [0, 0.1) is 5.41 Å². The minimum absolute atomic E-state index is 0.0338. The summed E-state index contributed by atoms with van der Waals surface area (Å²) in [6.45, 7) is 2.81. The second-order valence-corrected chi connectivity index (χ2v) is 21.7. The normalized spacial score (nSPS) is 20.3. The van der Waals surface area contributed by atoms with Crippen molar-refractivity contribution in [2.75, 3.05) is 37.8 Å². The average molecular weight is 1010 g/mol. The first-order chi connectivity index (χ1) is 30.6. The molecular weight excluding hydrogens is 940 g/mol. The van der Waals surface area contributed by atoms with Crippen LogP contribution < -0.4 is 16.4 Å². The number of thioether (sulfide) groups is 1. The molecule has 65 heavy (non-hydrogen) atoms. The minimum atomic E-state index is -5.57. The zero-order chi connectivity index (χ0) is 48.3. The maximum Gasteiger partial charge on any atom is 0.481 e. The van der Waals surface area contributed by atoms with E-state index in [4.69, 9.17) is 19.5 Å². The van der Waals surface area contributed by atoms with Gasteiger partial charge in [-0.3, -0.25) is 32.5 Å². The fraction of sp³-hybridized carbons (Fsp3) is 0.784. The summed E-state index contributed by atoms with van der Waals surface area (Å²) in [5.74, 6) is -1.02. The monoisotopic (exact) mass is 1010 g/mol. The van der Waals surface area contributed by atoms with Crippen LogP contribution in [0.2, 0.25) is 0 Å². The molecule has 1 aliphatic heterocycles. The van der Waals surface area contributed by atoms with E-state index in [1.807, 2.05) is 0 Å². The first-order valence-corrected chi connectivity index (χ1v) is 27.1. The van der Waals surface area contributed by atoms with Gasteiger partial charge in [-0.2, -0.15) is 4.31 Å². The van der Waals surface area contributed by atoms with Crippen molar-refractivity contribution in [1.82, 2.24) is 30.2 Å². The lowest BCUT2D eigenvalue weighted by atomic mass is 9.87. The number of rotatable bonds is 33. The number of fused-ring (bicyclic) bond motifs is 1. The molecule has 1 aliphatic rings. The molecule has 0 spiro atoms. The summed E-state index contributed by atoms with van der Waals surface area (Å²) < 4.78 is 62.4. The van der Waals surface area contributed by atoms with Gasteiger partial charge >= 0.3 is 23.5 Å². The zero-order valence-corrected chi connectivity index (χ0v) is 40.5. The van der Waals surface area contributed by atoms with Crippen LogP contribution >= 0.6 is 35.2 Å². The number of aliphatic hydroxyl groups is 2. The molecule has 0 radical (unpaired) electrons. The van der Waals surface area contributed by atoms with Gasteiger partial charge in [0.25, 0.3) is 0 Å². The number of nitrogens with two attached hydrogens (primary N) is 1. The van der Waals surface area contributed by atoms with Gasteiger partial charge in [0.2, 0.25) is 11.8 Å². The van der Waals surface area contributed by atoms with Crippen molar-refractivity contribution in [2.45, 2.75) is 148 Å². The lowest BCUT2D eigenvalue weighted by molar-refractivity contribution is -0.137. The Balaban J connectivity index is 1.32. The number of anilines is 1. The van der Waals surface area contributed by atoms with Crippen molar-refractivity contribution in [3.8, 4) is 0 Å². The first-order valence-electron chi connectivity index (χ1n) is 21.6. The van der Waals surface area contributed by atoms with Crippen molar-refractivity contribution in [1.29, 1.82) is 0 Å². The highest BCUT2D eigenvalue weighted by atomic mass is 32.2. The van der Waals surface area contributed by atoms with E-state index in [0.717, 1.165) is 48.2 Å². The van der Waals surface area contributed by atoms with Crippen molar-refractivity contribution in [2.24, 2.45) is 5.41 Å². The largest absolute Gasteiger partial charge is 0.481 e. The highest BCUT2D eigenvalue weighted by Gasteiger charge is 2.50. The molecule has 0 saturated carbocycles. The van der Waals surface area contributed by atoms with Crippen molar-refractivity contribution in [3.63, 3.8) is 0 Å². The number of aliphatic hydroxyl groups excluding tert-OH is 2. The average Bonchev–Trinajstić information content (AvgIpc) is 3.79. The lowest BCUT2D eigenvalue weighted by Gasteiger charge is -2.30. The maximum absolute atomic E-state index is 12.7. The number of phosphoric acid groups is 3. The molecule has 0 bridgehead atoms. The second kappa shape index (κ2) is 27.5. The van der Waals surface area contributed by atoms with Crippen LogP contribution in [0.1, 0.15) is 123 Å². The van der Waals surface area contributed by atoms with E-state index < -0.39 is 84.6 Å². The number of phosphoric ester groups is 3. The fourth-order valence-electron chi connectivity index (χ4n) is 6.65. The van der Waals surface area contributed by atoms with E-state index >= 15 is 0 Å². The standard InChI is InChI=1S/C37H66N7O17P3S/c1-4-5-6-7-8-9-10-11-12-13-14-15-16-17-28(46)65-21-20-39-27(45)18-19-40-35(49)32(48)37(2,3)23-58-64(55,56)61-63(53,54)57-22-26-31(60-62(50,51)52)30(47)36(59-26)44-25-43-29-33(38)41-24-42-34(29)44/h24-26,30-32,36,47-48H,4-23H2,1-3H3,(H,39,45)(H,40,49)(H,53,54)(H,55,56)(H2,38,41,42)(H2,50,51,52)/t26-,30-,31-,32+,36-/m1/s1/i28+1. The van der Waals surface area contributed by atoms with E-state index in [9.17, 15) is 57.9 Å². The van der Waals surface area contributed by atoms with Crippen molar-refractivity contribution < 1.29 is 80.5 Å². The summed E-state index contributed by atoms with van der Waals surface area (Å²) in [5.41, 5.74) is 4.29. The smallest absolute Gasteiger partial charge is 0.386 e. The van der Waals surface area contributed by atoms with E-state index in [-0.39, 0.29) is 41.6 Å². The highest BCUT2D eigenvalue weighted by molar-refractivity contribution is 8.13. The molecule has 7 atom stereocenters. The zero-order valence-electron chi connectivity index (χ0n) is 37.0. The minimum Gasteiger partial charge on any atom is -0.386 e. The Morgan fingerprint density at radius 1 is 0.877 bits per heavy atom. The number of ether oxygens (including phenoxy) is 1. The molecule has 28 heteroatoms. The van der Waals surface area contributed by atoms with E-state index in [0.29, 0.717) is 12.2 Å². The molecule has 3 rings (SSSR count). The maximum atomic E-state index is 12.7. The molecular formula is C37H66N7O17P3S. The van der Waals surface area contributed by atoms with Gasteiger partial charge in [-0.05, 0) is 6.42 Å². The topological polar surface area (TPSA) is 364 Å². The number of hydrogen-bond acceptors (Lipinski definition) is 18. The molecule has 0 aliphatic carbocycles. The van der Waals surface area contributed by atoms with Crippen LogP contribution in [-0.4, -0.2) is 123 Å². The van der Waals surface area contributed by atoms with Gasteiger partial charge in [0.1, 0.15) is 36.3 Å². The molecule has 3 heterocycles. The van der Waals surface area contributed by atoms with Gasteiger partial charge in [0.15, 0.2) is 22.8 Å². The number of imidazole rings is 1. The molecule has 2 aromatic rings. The molecule has 2 unspecified atom stereocenters. The highest BCUT2D eigenvalue weighted by Crippen LogP contribution is 2.61. The van der Waals surface area contributed by atoms with E-state index in [2.05, 4.69) is 41.3 Å². The molecule has 24 nitrogen and oxygen atoms in total. The molecule has 0 aromatic carbocycles. The molecule has 2 amide bonds. The number of carbonyl (C=O) groups excluding carboxylic acids is 3. The lowest BCUT2D eigenvalue weighted by Crippen LogP contribution is -2.46. The van der Waals surface area contributed by atoms with Crippen LogP contribution in [0.5, 0.6) is 0 Å². The number of amides is 2. The summed E-state index contributed by atoms with van der Waals surface area (Å²) in [5, 5.41) is 26.6. The number of unbranched alkanes of at least 4 members (excludes halogenated alkanes) is 12. The van der Waals surface area contributed by atoms with Crippen LogP contribution in [-0.2, 0) is 50.7 Å². The number of aromatic nitrogens is 4. The SMILES string of the molecule is CCCCCCCCCCCCCCC[13C](=O)SCCNC(=O)CCNC(=O)[C@H](O)C(C)(C)COP(=O)(O)OP(=O)(O)OC[C@H]1O[C@@H](n2cnc3c(N)ncnc32)[C@H](O)[C@@H]1OP(=O)(O)O. The predicted octanol–water partition coefficient (Wildman–Crippen LogP) is 4.15. The first kappa shape index (κ1) is 56.9. The number of hydrogen-bond donors (Lipinski definition) is 9. The van der Waals surface area contributed by atoms with Gasteiger partial charge in [0, 0.05) is 37.1 Å². The Bertz CT molecular complexity index is 1960. The summed E-state index contributed by atoms with van der Waals surface area (Å²) in [6, 6.07) is 0. The van der Waals surface area contributed by atoms with Crippen molar-refractivity contribution >= 4 is 69.1 Å². The summed E-state index contributed by atoms with van der Waals surface area (Å²) in [7, 11) is -16.4. The van der Waals surface area contributed by atoms with Crippen LogP contribution in [0.25, 0.3) is 11.2 Å². The van der Waals surface area contributed by atoms with Crippen LogP contribution in [0.4, 0.5) is 5.82 Å². The Labute approximate surface area is 382 Å². The summed E-state index contributed by atoms with van der Waals surface area (Å²) in [6.07, 6.45) is 9.53. The number of nitrogen functional groups attached to an aromatic ring is 1. The Morgan fingerprint density at radius 2 is 1.48 bits per heavy atom. The van der Waals surface area contributed by atoms with Gasteiger partial charge in [-0.15, -0.1) is 0 Å². The predicted molar refractivity (Wildman–Crippen MR) is 237 cm³/mol. The Hall–Kier alpha value is -2.44.